The SMILES string of the molecule is COc1cc(C(=O)NCC(C)(O)C(=O)O)ccc1OC(F)F. The lowest BCUT2D eigenvalue weighted by atomic mass is 10.1. The number of carboxylic acid groups (broad SMARTS) is 1. The molecule has 3 N–H and O–H groups in total. The molecule has 1 amide bonds. The lowest BCUT2D eigenvalue weighted by Gasteiger charge is -2.18. The Kier molecular flexibility index (Phi) is 5.63. The molecule has 22 heavy (non-hydrogen) atoms. The zero-order valence-corrected chi connectivity index (χ0v) is 11.8. The van der Waals surface area contributed by atoms with E-state index >= 15 is 0 Å². The molecule has 7 nitrogen and oxygen atoms in total. The molecular formula is C13H15F2NO6. The number of methoxy groups -OCH3 is 1. The third-order valence-electron chi connectivity index (χ3n) is 2.70. The van der Waals surface area contributed by atoms with Crippen LogP contribution >= 0.6 is 0 Å². The van der Waals surface area contributed by atoms with E-state index in [2.05, 4.69) is 10.1 Å². The first-order chi connectivity index (χ1) is 10.2. The Morgan fingerprint density at radius 2 is 2.00 bits per heavy atom. The molecule has 1 rings (SSSR count). The average molecular weight is 319 g/mol. The number of halogens is 2. The van der Waals surface area contributed by atoms with E-state index < -0.39 is 30.6 Å². The van der Waals surface area contributed by atoms with Crippen LogP contribution in [0.2, 0.25) is 0 Å². The number of aliphatic hydroxyl groups is 1. The average Bonchev–Trinajstić information content (AvgIpc) is 2.44. The number of carbonyl (C=O) groups is 2. The molecule has 0 aromatic heterocycles. The summed E-state index contributed by atoms with van der Waals surface area (Å²) in [5.74, 6) is -2.53. The fraction of sp³-hybridized carbons (Fsp3) is 0.385. The van der Waals surface area contributed by atoms with Gasteiger partial charge in [0.2, 0.25) is 0 Å². The van der Waals surface area contributed by atoms with Gasteiger partial charge in [-0.2, -0.15) is 8.78 Å². The van der Waals surface area contributed by atoms with Crippen molar-refractivity contribution in [1.29, 1.82) is 0 Å². The van der Waals surface area contributed by atoms with Crippen LogP contribution in [0, 0.1) is 0 Å². The Morgan fingerprint density at radius 3 is 2.50 bits per heavy atom. The molecule has 0 aliphatic heterocycles. The molecule has 1 atom stereocenters. The van der Waals surface area contributed by atoms with E-state index in [4.69, 9.17) is 9.84 Å². The van der Waals surface area contributed by atoms with Gasteiger partial charge >= 0.3 is 12.6 Å². The molecule has 0 fully saturated rings. The second-order valence-corrected chi connectivity index (χ2v) is 4.51. The van der Waals surface area contributed by atoms with Crippen LogP contribution in [0.15, 0.2) is 18.2 Å². The number of nitrogens with one attached hydrogen (secondary N) is 1. The maximum Gasteiger partial charge on any atom is 0.387 e. The Balaban J connectivity index is 2.84. The number of rotatable bonds is 7. The first-order valence-electron chi connectivity index (χ1n) is 6.04. The van der Waals surface area contributed by atoms with Gasteiger partial charge in [0.25, 0.3) is 5.91 Å². The van der Waals surface area contributed by atoms with Crippen molar-refractivity contribution in [1.82, 2.24) is 5.32 Å². The van der Waals surface area contributed by atoms with Gasteiger partial charge in [-0.3, -0.25) is 4.79 Å². The molecule has 0 heterocycles. The minimum atomic E-state index is -3.04. The second-order valence-electron chi connectivity index (χ2n) is 4.51. The van der Waals surface area contributed by atoms with E-state index in [1.54, 1.807) is 0 Å². The Morgan fingerprint density at radius 1 is 1.36 bits per heavy atom. The van der Waals surface area contributed by atoms with Crippen molar-refractivity contribution < 1.29 is 38.1 Å². The van der Waals surface area contributed by atoms with Crippen LogP contribution in [0.25, 0.3) is 0 Å². The van der Waals surface area contributed by atoms with Crippen molar-refractivity contribution >= 4 is 11.9 Å². The van der Waals surface area contributed by atoms with Crippen LogP contribution in [-0.2, 0) is 4.79 Å². The smallest absolute Gasteiger partial charge is 0.387 e. The van der Waals surface area contributed by atoms with Crippen molar-refractivity contribution in [3.8, 4) is 11.5 Å². The highest BCUT2D eigenvalue weighted by atomic mass is 19.3. The zero-order chi connectivity index (χ0) is 16.9. The van der Waals surface area contributed by atoms with Crippen LogP contribution < -0.4 is 14.8 Å². The summed E-state index contributed by atoms with van der Waals surface area (Å²) in [5, 5.41) is 20.4. The van der Waals surface area contributed by atoms with E-state index in [0.717, 1.165) is 19.1 Å². The monoisotopic (exact) mass is 319 g/mol. The molecular weight excluding hydrogens is 304 g/mol. The lowest BCUT2D eigenvalue weighted by molar-refractivity contribution is -0.155. The summed E-state index contributed by atoms with van der Waals surface area (Å²) in [6.45, 7) is -2.55. The summed E-state index contributed by atoms with van der Waals surface area (Å²) < 4.78 is 33.4. The minimum Gasteiger partial charge on any atom is -0.493 e. The molecule has 0 radical (unpaired) electrons. The molecule has 0 saturated heterocycles. The molecule has 122 valence electrons. The highest BCUT2D eigenvalue weighted by molar-refractivity contribution is 5.95. The Hall–Kier alpha value is -2.42. The molecule has 9 heteroatoms. The van der Waals surface area contributed by atoms with Crippen LogP contribution in [0.3, 0.4) is 0 Å². The van der Waals surface area contributed by atoms with Gasteiger partial charge in [-0.1, -0.05) is 0 Å². The van der Waals surface area contributed by atoms with Crippen molar-refractivity contribution in [2.45, 2.75) is 19.1 Å². The molecule has 1 aromatic carbocycles. The molecule has 0 saturated carbocycles. The van der Waals surface area contributed by atoms with Gasteiger partial charge in [0.05, 0.1) is 13.7 Å². The molecule has 0 bridgehead atoms. The van der Waals surface area contributed by atoms with Gasteiger partial charge in [-0.25, -0.2) is 4.79 Å². The predicted molar refractivity (Wildman–Crippen MR) is 70.2 cm³/mol. The summed E-state index contributed by atoms with van der Waals surface area (Å²) in [7, 11) is 1.21. The summed E-state index contributed by atoms with van der Waals surface area (Å²) >= 11 is 0. The van der Waals surface area contributed by atoms with E-state index in [1.165, 1.54) is 13.2 Å². The van der Waals surface area contributed by atoms with Gasteiger partial charge in [0.1, 0.15) is 0 Å². The molecule has 0 aliphatic rings. The van der Waals surface area contributed by atoms with Crippen LogP contribution in [-0.4, -0.2) is 48.0 Å². The fourth-order valence-electron chi connectivity index (χ4n) is 1.43. The Bertz CT molecular complexity index is 561. The van der Waals surface area contributed by atoms with E-state index in [1.807, 2.05) is 0 Å². The molecule has 1 unspecified atom stereocenters. The van der Waals surface area contributed by atoms with Crippen LogP contribution in [0.1, 0.15) is 17.3 Å². The Labute approximate surface area is 124 Å². The second kappa shape index (κ2) is 7.03. The zero-order valence-electron chi connectivity index (χ0n) is 11.8. The number of hydrogen-bond acceptors (Lipinski definition) is 5. The highest BCUT2D eigenvalue weighted by Gasteiger charge is 2.30. The fourth-order valence-corrected chi connectivity index (χ4v) is 1.43. The third kappa shape index (κ3) is 4.55. The largest absolute Gasteiger partial charge is 0.493 e. The summed E-state index contributed by atoms with van der Waals surface area (Å²) in [6.07, 6.45) is 0. The van der Waals surface area contributed by atoms with Crippen LogP contribution in [0.5, 0.6) is 11.5 Å². The van der Waals surface area contributed by atoms with Gasteiger partial charge in [-0.15, -0.1) is 0 Å². The quantitative estimate of drug-likeness (QED) is 0.688. The van der Waals surface area contributed by atoms with Gasteiger partial charge in [-0.05, 0) is 25.1 Å². The van der Waals surface area contributed by atoms with Gasteiger partial charge in [0, 0.05) is 5.56 Å². The predicted octanol–water partition coefficient (Wildman–Crippen LogP) is 0.862. The summed E-state index contributed by atoms with van der Waals surface area (Å²) in [5.41, 5.74) is -2.10. The van der Waals surface area contributed by atoms with Crippen molar-refractivity contribution in [2.24, 2.45) is 0 Å². The molecule has 0 spiro atoms. The number of hydrogen-bond donors (Lipinski definition) is 3. The van der Waals surface area contributed by atoms with Gasteiger partial charge < -0.3 is 25.0 Å². The lowest BCUT2D eigenvalue weighted by Crippen LogP contribution is -2.46. The van der Waals surface area contributed by atoms with Crippen molar-refractivity contribution in [3.63, 3.8) is 0 Å². The molecule has 0 aliphatic carbocycles. The topological polar surface area (TPSA) is 105 Å². The standard InChI is InChI=1S/C13H15F2NO6/c1-13(20,11(18)19)6-16-10(17)7-3-4-8(22-12(14)15)9(5-7)21-2/h3-5,12,20H,6H2,1-2H3,(H,16,17)(H,18,19). The number of amides is 1. The minimum absolute atomic E-state index is 0.0275. The highest BCUT2D eigenvalue weighted by Crippen LogP contribution is 2.29. The van der Waals surface area contributed by atoms with Crippen molar-refractivity contribution in [2.75, 3.05) is 13.7 Å². The summed E-state index contributed by atoms with van der Waals surface area (Å²) in [6, 6.07) is 3.48. The van der Waals surface area contributed by atoms with E-state index in [0.29, 0.717) is 0 Å². The number of ether oxygens (including phenoxy) is 2. The number of alkyl halides is 2. The summed E-state index contributed by atoms with van der Waals surface area (Å²) in [4.78, 5) is 22.6. The van der Waals surface area contributed by atoms with E-state index in [-0.39, 0.29) is 17.1 Å². The molecule has 1 aromatic rings. The maximum absolute atomic E-state index is 12.2. The van der Waals surface area contributed by atoms with Crippen molar-refractivity contribution in [3.05, 3.63) is 23.8 Å². The number of carboxylic acids is 1. The maximum atomic E-state index is 12.2. The first-order valence-corrected chi connectivity index (χ1v) is 6.04. The van der Waals surface area contributed by atoms with E-state index in [9.17, 15) is 23.5 Å². The number of benzene rings is 1. The van der Waals surface area contributed by atoms with Gasteiger partial charge in [0.15, 0.2) is 17.1 Å². The first kappa shape index (κ1) is 17.6. The van der Waals surface area contributed by atoms with Crippen LogP contribution in [0.4, 0.5) is 8.78 Å². The number of aliphatic carboxylic acids is 1. The third-order valence-corrected chi connectivity index (χ3v) is 2.70. The normalized spacial score (nSPS) is 13.4. The number of carbonyl (C=O) groups excluding carboxylic acids is 1.